The van der Waals surface area contributed by atoms with Crippen molar-refractivity contribution in [2.45, 2.75) is 20.8 Å². The number of esters is 2. The molecule has 0 radical (unpaired) electrons. The first kappa shape index (κ1) is 21.5. The van der Waals surface area contributed by atoms with Crippen LogP contribution in [-0.2, 0) is 14.3 Å². The highest BCUT2D eigenvalue weighted by molar-refractivity contribution is 5.99. The number of benzene rings is 1. The lowest BCUT2D eigenvalue weighted by molar-refractivity contribution is -0.149. The second-order valence-electron chi connectivity index (χ2n) is 6.58. The SMILES string of the molecule is CC(=O)OCOC(=O)c1ccc(C(=O)N/N=C/c2cnc[nH]2)cc1-n1c(C)ccc1C. The van der Waals surface area contributed by atoms with Crippen LogP contribution in [0.2, 0.25) is 0 Å². The van der Waals surface area contributed by atoms with Crippen molar-refractivity contribution in [1.29, 1.82) is 0 Å². The summed E-state index contributed by atoms with van der Waals surface area (Å²) in [6, 6.07) is 8.33. The molecule has 0 saturated heterocycles. The van der Waals surface area contributed by atoms with Gasteiger partial charge in [0.25, 0.3) is 5.91 Å². The summed E-state index contributed by atoms with van der Waals surface area (Å²) in [6.45, 7) is 4.47. The Morgan fingerprint density at radius 2 is 1.90 bits per heavy atom. The van der Waals surface area contributed by atoms with Crippen LogP contribution in [0.3, 0.4) is 0 Å². The molecule has 31 heavy (non-hydrogen) atoms. The summed E-state index contributed by atoms with van der Waals surface area (Å²) in [6.07, 6.45) is 4.48. The molecule has 0 saturated carbocycles. The highest BCUT2D eigenvalue weighted by atomic mass is 16.7. The number of imidazole rings is 1. The average Bonchev–Trinajstić information content (AvgIpc) is 3.36. The van der Waals surface area contributed by atoms with Gasteiger partial charge < -0.3 is 19.0 Å². The second kappa shape index (κ2) is 9.53. The van der Waals surface area contributed by atoms with E-state index in [0.29, 0.717) is 16.9 Å². The first-order chi connectivity index (χ1) is 14.9. The highest BCUT2D eigenvalue weighted by Crippen LogP contribution is 2.23. The molecule has 3 aromatic rings. The number of aromatic nitrogens is 3. The third-order valence-corrected chi connectivity index (χ3v) is 4.33. The van der Waals surface area contributed by atoms with Gasteiger partial charge >= 0.3 is 11.9 Å². The van der Waals surface area contributed by atoms with Gasteiger partial charge in [-0.2, -0.15) is 5.10 Å². The van der Waals surface area contributed by atoms with Crippen molar-refractivity contribution < 1.29 is 23.9 Å². The van der Waals surface area contributed by atoms with Crippen LogP contribution in [0.4, 0.5) is 0 Å². The lowest BCUT2D eigenvalue weighted by Gasteiger charge is -2.15. The number of aryl methyl sites for hydroxylation is 2. The molecule has 0 aliphatic carbocycles. The lowest BCUT2D eigenvalue weighted by atomic mass is 10.1. The van der Waals surface area contributed by atoms with Gasteiger partial charge in [0.1, 0.15) is 0 Å². The maximum atomic E-state index is 12.6. The first-order valence-corrected chi connectivity index (χ1v) is 9.28. The fourth-order valence-corrected chi connectivity index (χ4v) is 2.88. The van der Waals surface area contributed by atoms with Crippen LogP contribution in [0.15, 0.2) is 48.0 Å². The quantitative estimate of drug-likeness (QED) is 0.260. The van der Waals surface area contributed by atoms with Gasteiger partial charge in [-0.25, -0.2) is 15.2 Å². The molecule has 0 atom stereocenters. The van der Waals surface area contributed by atoms with E-state index in [-0.39, 0.29) is 5.56 Å². The maximum absolute atomic E-state index is 12.6. The molecule has 1 aromatic carbocycles. The normalized spacial score (nSPS) is 10.8. The summed E-state index contributed by atoms with van der Waals surface area (Å²) in [5.41, 5.74) is 5.75. The van der Waals surface area contributed by atoms with Crippen molar-refractivity contribution in [2.75, 3.05) is 6.79 Å². The topological polar surface area (TPSA) is 128 Å². The third kappa shape index (κ3) is 5.24. The zero-order valence-electron chi connectivity index (χ0n) is 17.2. The van der Waals surface area contributed by atoms with Gasteiger partial charge in [-0.15, -0.1) is 0 Å². The zero-order valence-corrected chi connectivity index (χ0v) is 17.2. The van der Waals surface area contributed by atoms with E-state index in [9.17, 15) is 14.4 Å². The van der Waals surface area contributed by atoms with Crippen LogP contribution < -0.4 is 5.43 Å². The number of carbonyl (C=O) groups excluding carboxylic acids is 3. The fraction of sp³-hybridized carbons (Fsp3) is 0.190. The van der Waals surface area contributed by atoms with E-state index >= 15 is 0 Å². The zero-order chi connectivity index (χ0) is 22.4. The molecule has 0 unspecified atom stereocenters. The smallest absolute Gasteiger partial charge is 0.343 e. The third-order valence-electron chi connectivity index (χ3n) is 4.33. The van der Waals surface area contributed by atoms with Gasteiger partial charge in [0.15, 0.2) is 0 Å². The van der Waals surface area contributed by atoms with E-state index in [1.165, 1.54) is 31.6 Å². The van der Waals surface area contributed by atoms with Crippen molar-refractivity contribution in [3.8, 4) is 5.69 Å². The van der Waals surface area contributed by atoms with Crippen LogP contribution in [0.25, 0.3) is 5.69 Å². The Labute approximate surface area is 177 Å². The van der Waals surface area contributed by atoms with E-state index in [2.05, 4.69) is 25.2 Å². The molecule has 2 heterocycles. The van der Waals surface area contributed by atoms with E-state index < -0.39 is 24.6 Å². The number of amides is 1. The van der Waals surface area contributed by atoms with Crippen LogP contribution in [0.5, 0.6) is 0 Å². The van der Waals surface area contributed by atoms with Crippen LogP contribution in [0, 0.1) is 13.8 Å². The Hall–Kier alpha value is -4.21. The summed E-state index contributed by atoms with van der Waals surface area (Å²) >= 11 is 0. The highest BCUT2D eigenvalue weighted by Gasteiger charge is 2.19. The number of nitrogens with one attached hydrogen (secondary N) is 2. The Bertz CT molecular complexity index is 1110. The van der Waals surface area contributed by atoms with Crippen LogP contribution in [0.1, 0.15) is 44.7 Å². The summed E-state index contributed by atoms with van der Waals surface area (Å²) in [7, 11) is 0. The summed E-state index contributed by atoms with van der Waals surface area (Å²) in [5.74, 6) is -1.71. The van der Waals surface area contributed by atoms with Crippen molar-refractivity contribution in [1.82, 2.24) is 20.0 Å². The van der Waals surface area contributed by atoms with E-state index in [1.54, 1.807) is 12.3 Å². The summed E-state index contributed by atoms with van der Waals surface area (Å²) in [5, 5.41) is 3.89. The van der Waals surface area contributed by atoms with Gasteiger partial charge in [0, 0.05) is 23.9 Å². The van der Waals surface area contributed by atoms with Crippen LogP contribution >= 0.6 is 0 Å². The van der Waals surface area contributed by atoms with Crippen molar-refractivity contribution >= 4 is 24.1 Å². The molecular formula is C21H21N5O5. The molecule has 2 aromatic heterocycles. The Balaban J connectivity index is 1.89. The Morgan fingerprint density at radius 3 is 2.55 bits per heavy atom. The van der Waals surface area contributed by atoms with Gasteiger partial charge in [-0.3, -0.25) is 9.59 Å². The monoisotopic (exact) mass is 423 g/mol. The molecule has 1 amide bonds. The van der Waals surface area contributed by atoms with Gasteiger partial charge in [0.2, 0.25) is 6.79 Å². The largest absolute Gasteiger partial charge is 0.428 e. The Kier molecular flexibility index (Phi) is 6.61. The average molecular weight is 423 g/mol. The standard InChI is InChI=1S/C21H21N5O5/c1-13-4-5-14(2)26(13)19-8-16(20(28)25-24-10-17-9-22-11-23-17)6-7-18(19)21(29)31-12-30-15(3)27/h4-11H,12H2,1-3H3,(H,22,23)(H,25,28)/b24-10+. The molecule has 0 aliphatic rings. The minimum absolute atomic E-state index is 0.215. The van der Waals surface area contributed by atoms with E-state index in [1.807, 2.05) is 30.5 Å². The van der Waals surface area contributed by atoms with E-state index in [0.717, 1.165) is 11.4 Å². The molecule has 160 valence electrons. The number of rotatable bonds is 7. The molecule has 3 rings (SSSR count). The van der Waals surface area contributed by atoms with Crippen LogP contribution in [-0.4, -0.2) is 45.4 Å². The number of hydrogen-bond acceptors (Lipinski definition) is 7. The number of carbonyl (C=O) groups is 3. The molecule has 10 nitrogen and oxygen atoms in total. The number of nitrogens with zero attached hydrogens (tertiary/aromatic N) is 3. The number of aromatic amines is 1. The second-order valence-corrected chi connectivity index (χ2v) is 6.58. The minimum atomic E-state index is -0.687. The summed E-state index contributed by atoms with van der Waals surface area (Å²) < 4.78 is 11.5. The molecule has 10 heteroatoms. The van der Waals surface area contributed by atoms with Gasteiger partial charge in [-0.1, -0.05) is 0 Å². The van der Waals surface area contributed by atoms with Gasteiger partial charge in [-0.05, 0) is 44.2 Å². The number of hydrogen-bond donors (Lipinski definition) is 2. The van der Waals surface area contributed by atoms with Crippen molar-refractivity contribution in [2.24, 2.45) is 5.10 Å². The fourth-order valence-electron chi connectivity index (χ4n) is 2.88. The molecule has 0 bridgehead atoms. The molecule has 0 fully saturated rings. The molecule has 0 spiro atoms. The number of H-pyrrole nitrogens is 1. The van der Waals surface area contributed by atoms with Crippen molar-refractivity contribution in [3.63, 3.8) is 0 Å². The molecular weight excluding hydrogens is 402 g/mol. The number of ether oxygens (including phenoxy) is 2. The Morgan fingerprint density at radius 1 is 1.16 bits per heavy atom. The van der Waals surface area contributed by atoms with Gasteiger partial charge in [0.05, 0.1) is 35.7 Å². The molecule has 2 N–H and O–H groups in total. The maximum Gasteiger partial charge on any atom is 0.343 e. The van der Waals surface area contributed by atoms with E-state index in [4.69, 9.17) is 4.74 Å². The van der Waals surface area contributed by atoms with Crippen molar-refractivity contribution in [3.05, 3.63) is 71.1 Å². The first-order valence-electron chi connectivity index (χ1n) is 9.28. The molecule has 0 aliphatic heterocycles. The predicted molar refractivity (Wildman–Crippen MR) is 111 cm³/mol. The lowest BCUT2D eigenvalue weighted by Crippen LogP contribution is -2.20. The predicted octanol–water partition coefficient (Wildman–Crippen LogP) is 2.26. The number of hydrazone groups is 1. The summed E-state index contributed by atoms with van der Waals surface area (Å²) in [4.78, 5) is 42.7. The minimum Gasteiger partial charge on any atom is -0.428 e.